The lowest BCUT2D eigenvalue weighted by Gasteiger charge is -2.23. The zero-order valence-corrected chi connectivity index (χ0v) is 11.8. The number of hydrogen-bond acceptors (Lipinski definition) is 2. The second-order valence-corrected chi connectivity index (χ2v) is 5.32. The third kappa shape index (κ3) is 2.28. The van der Waals surface area contributed by atoms with E-state index in [1.807, 2.05) is 35.1 Å². The Balaban J connectivity index is 2.04. The molecule has 0 saturated carbocycles. The Hall–Kier alpha value is -1.32. The van der Waals surface area contributed by atoms with Crippen molar-refractivity contribution in [3.8, 4) is 5.69 Å². The third-order valence-corrected chi connectivity index (χ3v) is 4.03. The van der Waals surface area contributed by atoms with Crippen LogP contribution in [0.1, 0.15) is 37.1 Å². The minimum atomic E-state index is 0.435. The molecule has 100 valence electrons. The predicted octanol–water partition coefficient (Wildman–Crippen LogP) is 3.51. The Morgan fingerprint density at radius 1 is 1.42 bits per heavy atom. The van der Waals surface area contributed by atoms with Crippen molar-refractivity contribution in [2.75, 3.05) is 6.54 Å². The highest BCUT2D eigenvalue weighted by molar-refractivity contribution is 6.32. The first-order chi connectivity index (χ1) is 9.31. The standard InChI is InChI=1S/C15H18ClN3/c1-2-17-13-7-5-9-14-11(13)10-18-19(14)15-8-4-3-6-12(15)16/h3-4,6,8,10,13,17H,2,5,7,9H2,1H3. The van der Waals surface area contributed by atoms with Gasteiger partial charge in [-0.3, -0.25) is 0 Å². The molecule has 0 saturated heterocycles. The number of hydrogen-bond donors (Lipinski definition) is 1. The van der Waals surface area contributed by atoms with Crippen LogP contribution >= 0.6 is 11.6 Å². The van der Waals surface area contributed by atoms with Crippen LogP contribution in [0.3, 0.4) is 0 Å². The average Bonchev–Trinajstić information content (AvgIpc) is 2.85. The molecule has 0 aliphatic heterocycles. The van der Waals surface area contributed by atoms with Crippen molar-refractivity contribution >= 4 is 11.6 Å². The predicted molar refractivity (Wildman–Crippen MR) is 77.9 cm³/mol. The fourth-order valence-corrected chi connectivity index (χ4v) is 3.06. The molecule has 0 bridgehead atoms. The number of fused-ring (bicyclic) bond motifs is 1. The van der Waals surface area contributed by atoms with Crippen molar-refractivity contribution in [3.05, 3.63) is 46.7 Å². The molecule has 0 amide bonds. The molecule has 0 fully saturated rings. The minimum Gasteiger partial charge on any atom is -0.310 e. The molecular formula is C15H18ClN3. The number of para-hydroxylation sites is 1. The van der Waals surface area contributed by atoms with E-state index in [-0.39, 0.29) is 0 Å². The molecule has 2 aromatic rings. The molecule has 19 heavy (non-hydrogen) atoms. The van der Waals surface area contributed by atoms with Crippen LogP contribution in [0.4, 0.5) is 0 Å². The number of nitrogens with one attached hydrogen (secondary N) is 1. The number of halogens is 1. The lowest BCUT2D eigenvalue weighted by Crippen LogP contribution is -2.25. The first-order valence-corrected chi connectivity index (χ1v) is 7.24. The van der Waals surface area contributed by atoms with Gasteiger partial charge in [0.1, 0.15) is 0 Å². The molecule has 1 aromatic heterocycles. The fraction of sp³-hybridized carbons (Fsp3) is 0.400. The van der Waals surface area contributed by atoms with Crippen LogP contribution in [0.5, 0.6) is 0 Å². The SMILES string of the molecule is CCNC1CCCc2c1cnn2-c1ccccc1Cl. The van der Waals surface area contributed by atoms with Gasteiger partial charge in [-0.1, -0.05) is 30.7 Å². The molecule has 1 N–H and O–H groups in total. The number of nitrogens with zero attached hydrogens (tertiary/aromatic N) is 2. The van der Waals surface area contributed by atoms with Gasteiger partial charge in [0.15, 0.2) is 0 Å². The van der Waals surface area contributed by atoms with Gasteiger partial charge in [0, 0.05) is 17.3 Å². The second kappa shape index (κ2) is 5.35. The van der Waals surface area contributed by atoms with Crippen LogP contribution in [0.2, 0.25) is 5.02 Å². The molecule has 1 aliphatic carbocycles. The average molecular weight is 276 g/mol. The van der Waals surface area contributed by atoms with Crippen molar-refractivity contribution in [2.24, 2.45) is 0 Å². The van der Waals surface area contributed by atoms with Crippen molar-refractivity contribution in [3.63, 3.8) is 0 Å². The molecule has 3 rings (SSSR count). The second-order valence-electron chi connectivity index (χ2n) is 4.91. The summed E-state index contributed by atoms with van der Waals surface area (Å²) >= 11 is 6.28. The lowest BCUT2D eigenvalue weighted by molar-refractivity contribution is 0.467. The molecule has 1 aromatic carbocycles. The molecule has 1 unspecified atom stereocenters. The van der Waals surface area contributed by atoms with Crippen LogP contribution < -0.4 is 5.32 Å². The summed E-state index contributed by atoms with van der Waals surface area (Å²) in [6.45, 7) is 3.13. The van der Waals surface area contributed by atoms with E-state index < -0.39 is 0 Å². The van der Waals surface area contributed by atoms with Gasteiger partial charge in [0.05, 0.1) is 16.9 Å². The van der Waals surface area contributed by atoms with E-state index in [4.69, 9.17) is 11.6 Å². The maximum Gasteiger partial charge on any atom is 0.0835 e. The van der Waals surface area contributed by atoms with E-state index in [0.29, 0.717) is 6.04 Å². The Labute approximate surface area is 118 Å². The molecular weight excluding hydrogens is 258 g/mol. The van der Waals surface area contributed by atoms with Crippen LogP contribution in [0.25, 0.3) is 5.69 Å². The topological polar surface area (TPSA) is 29.9 Å². The van der Waals surface area contributed by atoms with Gasteiger partial charge in [-0.15, -0.1) is 0 Å². The highest BCUT2D eigenvalue weighted by Crippen LogP contribution is 2.32. The van der Waals surface area contributed by atoms with E-state index >= 15 is 0 Å². The summed E-state index contributed by atoms with van der Waals surface area (Å²) in [6.07, 6.45) is 5.45. The molecule has 1 atom stereocenters. The maximum atomic E-state index is 6.28. The Kier molecular flexibility index (Phi) is 3.58. The van der Waals surface area contributed by atoms with E-state index in [0.717, 1.165) is 23.7 Å². The summed E-state index contributed by atoms with van der Waals surface area (Å²) in [5, 5.41) is 8.84. The number of benzene rings is 1. The largest absolute Gasteiger partial charge is 0.310 e. The summed E-state index contributed by atoms with van der Waals surface area (Å²) in [4.78, 5) is 0. The maximum absolute atomic E-state index is 6.28. The van der Waals surface area contributed by atoms with Crippen molar-refractivity contribution in [1.82, 2.24) is 15.1 Å². The normalized spacial score (nSPS) is 18.3. The van der Waals surface area contributed by atoms with Gasteiger partial charge in [-0.25, -0.2) is 4.68 Å². The summed E-state index contributed by atoms with van der Waals surface area (Å²) in [6, 6.07) is 8.32. The van der Waals surface area contributed by atoms with Crippen LogP contribution in [-0.4, -0.2) is 16.3 Å². The monoisotopic (exact) mass is 275 g/mol. The van der Waals surface area contributed by atoms with Crippen LogP contribution in [-0.2, 0) is 6.42 Å². The van der Waals surface area contributed by atoms with Gasteiger partial charge in [-0.05, 0) is 37.9 Å². The molecule has 1 aliphatic rings. The smallest absolute Gasteiger partial charge is 0.0835 e. The molecule has 1 heterocycles. The van der Waals surface area contributed by atoms with Crippen molar-refractivity contribution < 1.29 is 0 Å². The summed E-state index contributed by atoms with van der Waals surface area (Å²) in [5.74, 6) is 0. The summed E-state index contributed by atoms with van der Waals surface area (Å²) in [7, 11) is 0. The molecule has 0 radical (unpaired) electrons. The first kappa shape index (κ1) is 12.7. The van der Waals surface area contributed by atoms with Crippen molar-refractivity contribution in [1.29, 1.82) is 0 Å². The lowest BCUT2D eigenvalue weighted by atomic mass is 9.93. The third-order valence-electron chi connectivity index (χ3n) is 3.71. The summed E-state index contributed by atoms with van der Waals surface area (Å²) in [5.41, 5.74) is 3.60. The molecule has 3 nitrogen and oxygen atoms in total. The first-order valence-electron chi connectivity index (χ1n) is 6.86. The van der Waals surface area contributed by atoms with Gasteiger partial charge in [0.25, 0.3) is 0 Å². The van der Waals surface area contributed by atoms with Gasteiger partial charge in [0.2, 0.25) is 0 Å². The Bertz CT molecular complexity index is 577. The number of rotatable bonds is 3. The highest BCUT2D eigenvalue weighted by atomic mass is 35.5. The highest BCUT2D eigenvalue weighted by Gasteiger charge is 2.24. The Morgan fingerprint density at radius 2 is 2.26 bits per heavy atom. The quantitative estimate of drug-likeness (QED) is 0.929. The van der Waals surface area contributed by atoms with Crippen LogP contribution in [0.15, 0.2) is 30.5 Å². The van der Waals surface area contributed by atoms with E-state index in [1.165, 1.54) is 24.1 Å². The fourth-order valence-electron chi connectivity index (χ4n) is 2.85. The van der Waals surface area contributed by atoms with Crippen LogP contribution in [0, 0.1) is 0 Å². The molecule has 0 spiro atoms. The zero-order valence-electron chi connectivity index (χ0n) is 11.1. The van der Waals surface area contributed by atoms with E-state index in [2.05, 4.69) is 17.3 Å². The summed E-state index contributed by atoms with van der Waals surface area (Å²) < 4.78 is 2.00. The van der Waals surface area contributed by atoms with Gasteiger partial charge >= 0.3 is 0 Å². The minimum absolute atomic E-state index is 0.435. The van der Waals surface area contributed by atoms with E-state index in [9.17, 15) is 0 Å². The zero-order chi connectivity index (χ0) is 13.2. The molecule has 4 heteroatoms. The van der Waals surface area contributed by atoms with Gasteiger partial charge in [-0.2, -0.15) is 5.10 Å². The van der Waals surface area contributed by atoms with Crippen molar-refractivity contribution in [2.45, 2.75) is 32.2 Å². The number of aromatic nitrogens is 2. The van der Waals surface area contributed by atoms with Gasteiger partial charge < -0.3 is 5.32 Å². The van der Waals surface area contributed by atoms with E-state index in [1.54, 1.807) is 0 Å². The Morgan fingerprint density at radius 3 is 3.05 bits per heavy atom.